The molecule has 172 valence electrons. The third-order valence-electron chi connectivity index (χ3n) is 3.67. The van der Waals surface area contributed by atoms with Gasteiger partial charge in [-0.3, -0.25) is 4.55 Å². The van der Waals surface area contributed by atoms with Crippen LogP contribution in [0.3, 0.4) is 0 Å². The Morgan fingerprint density at radius 1 is 1.17 bits per heavy atom. The zero-order valence-electron chi connectivity index (χ0n) is 17.1. The number of alkyl halides is 3. The molecule has 0 radical (unpaired) electrons. The van der Waals surface area contributed by atoms with Crippen LogP contribution in [0.5, 0.6) is 0 Å². The first-order valence-corrected chi connectivity index (χ1v) is 10.6. The highest BCUT2D eigenvalue weighted by molar-refractivity contribution is 7.86. The van der Waals surface area contributed by atoms with E-state index in [0.717, 1.165) is 24.5 Å². The zero-order chi connectivity index (χ0) is 23.1. The Morgan fingerprint density at radius 3 is 2.07 bits per heavy atom. The maximum atomic E-state index is 10.7. The number of rotatable bonds is 5. The Labute approximate surface area is 173 Å². The van der Waals surface area contributed by atoms with Gasteiger partial charge in [-0.2, -0.15) is 26.4 Å². The number of hydrogen-bond acceptors (Lipinski definition) is 6. The molecular formula is C17H26F3N3O6S. The number of nitrogens with zero attached hydrogens (tertiary/aromatic N) is 3. The van der Waals surface area contributed by atoms with E-state index < -0.39 is 15.6 Å². The van der Waals surface area contributed by atoms with Crippen molar-refractivity contribution in [2.24, 2.45) is 0 Å². The lowest BCUT2D eigenvalue weighted by molar-refractivity contribution is -0.0510. The van der Waals surface area contributed by atoms with Crippen molar-refractivity contribution in [1.82, 2.24) is 4.90 Å². The standard InChI is InChI=1S/C16H25N3O3.CHF3O3S/c1-11(2)21-15-10-14(19-5-7-20-8-6-19)16(22-12(3)4)9-13(15)18-17;2-1(3,4)8(5,6)7/h10-12H,5-9H2,1-4H3;(H,5,6,7). The molecule has 0 bridgehead atoms. The van der Waals surface area contributed by atoms with Gasteiger partial charge < -0.3 is 24.6 Å². The molecular weight excluding hydrogens is 431 g/mol. The van der Waals surface area contributed by atoms with Crippen LogP contribution in [-0.2, 0) is 24.3 Å². The van der Waals surface area contributed by atoms with E-state index in [1.54, 1.807) is 0 Å². The summed E-state index contributed by atoms with van der Waals surface area (Å²) >= 11 is 0. The van der Waals surface area contributed by atoms with Crippen LogP contribution in [-0.4, -0.2) is 72.4 Å². The van der Waals surface area contributed by atoms with Gasteiger partial charge in [-0.15, -0.1) is 0 Å². The van der Waals surface area contributed by atoms with Crippen molar-refractivity contribution in [3.05, 3.63) is 28.8 Å². The van der Waals surface area contributed by atoms with Gasteiger partial charge in [-0.1, -0.05) is 0 Å². The maximum absolute atomic E-state index is 10.7. The fraction of sp³-hybridized carbons (Fsp3) is 0.706. The molecule has 0 aromatic heterocycles. The summed E-state index contributed by atoms with van der Waals surface area (Å²) in [7, 11) is -5.84. The minimum absolute atomic E-state index is 0.0153. The van der Waals surface area contributed by atoms with Gasteiger partial charge in [0.25, 0.3) is 0 Å². The van der Waals surface area contributed by atoms with Gasteiger partial charge in [-0.25, -0.2) is 0 Å². The maximum Gasteiger partial charge on any atom is 0.522 e. The number of morpholine rings is 1. The number of halogens is 3. The smallest absolute Gasteiger partial charge is 0.493 e. The Kier molecular flexibility index (Phi) is 9.35. The molecule has 13 heteroatoms. The lowest BCUT2D eigenvalue weighted by Gasteiger charge is -2.33. The molecule has 0 spiro atoms. The second kappa shape index (κ2) is 10.8. The van der Waals surface area contributed by atoms with Crippen LogP contribution in [0.1, 0.15) is 34.1 Å². The predicted molar refractivity (Wildman–Crippen MR) is 101 cm³/mol. The molecule has 9 nitrogen and oxygen atoms in total. The highest BCUT2D eigenvalue weighted by Gasteiger charge is 2.44. The van der Waals surface area contributed by atoms with Gasteiger partial charge in [0.2, 0.25) is 5.76 Å². The molecule has 0 unspecified atom stereocenters. The van der Waals surface area contributed by atoms with Gasteiger partial charge in [0, 0.05) is 19.2 Å². The van der Waals surface area contributed by atoms with Crippen LogP contribution >= 0.6 is 0 Å². The van der Waals surface area contributed by atoms with Gasteiger partial charge in [0.05, 0.1) is 31.1 Å². The molecule has 2 aliphatic rings. The van der Waals surface area contributed by atoms with Crippen molar-refractivity contribution in [2.75, 3.05) is 26.3 Å². The molecule has 0 saturated carbocycles. The van der Waals surface area contributed by atoms with Crippen LogP contribution in [0, 0.1) is 0 Å². The number of allylic oxidation sites excluding steroid dienone is 3. The van der Waals surface area contributed by atoms with E-state index in [1.807, 2.05) is 33.8 Å². The normalized spacial score (nSPS) is 18.0. The Morgan fingerprint density at radius 2 is 1.67 bits per heavy atom. The predicted octanol–water partition coefficient (Wildman–Crippen LogP) is 2.73. The highest BCUT2D eigenvalue weighted by Crippen LogP contribution is 2.28. The molecule has 2 rings (SSSR count). The van der Waals surface area contributed by atoms with Crippen LogP contribution in [0.4, 0.5) is 13.2 Å². The monoisotopic (exact) mass is 457 g/mol. The first-order chi connectivity index (χ1) is 13.8. The summed E-state index contributed by atoms with van der Waals surface area (Å²) in [5, 5.41) is 0. The average Bonchev–Trinajstić information content (AvgIpc) is 2.61. The lowest BCUT2D eigenvalue weighted by atomic mass is 10.0. The molecule has 0 aromatic rings. The van der Waals surface area contributed by atoms with Crippen molar-refractivity contribution in [1.29, 1.82) is 0 Å². The molecule has 0 aromatic carbocycles. The van der Waals surface area contributed by atoms with E-state index in [9.17, 15) is 18.7 Å². The van der Waals surface area contributed by atoms with Crippen molar-refractivity contribution < 1.29 is 45.1 Å². The van der Waals surface area contributed by atoms with E-state index in [0.29, 0.717) is 31.1 Å². The molecule has 0 amide bonds. The van der Waals surface area contributed by atoms with Gasteiger partial charge in [0.15, 0.2) is 0 Å². The summed E-state index contributed by atoms with van der Waals surface area (Å²) < 4.78 is 74.7. The van der Waals surface area contributed by atoms with Gasteiger partial charge >= 0.3 is 21.3 Å². The molecule has 1 fully saturated rings. The third-order valence-corrected chi connectivity index (χ3v) is 4.26. The quantitative estimate of drug-likeness (QED) is 0.292. The largest absolute Gasteiger partial charge is 0.522 e. The topological polar surface area (TPSA) is 122 Å². The first-order valence-electron chi connectivity index (χ1n) is 9.12. The van der Waals surface area contributed by atoms with Crippen molar-refractivity contribution in [3.63, 3.8) is 0 Å². The molecule has 1 saturated heterocycles. The molecule has 30 heavy (non-hydrogen) atoms. The van der Waals surface area contributed by atoms with Crippen LogP contribution in [0.15, 0.2) is 23.3 Å². The van der Waals surface area contributed by atoms with Gasteiger partial charge in [-0.05, 0) is 27.7 Å². The number of hydrogen-bond donors (Lipinski definition) is 1. The summed E-state index contributed by atoms with van der Waals surface area (Å²) in [5.41, 5.74) is 5.24. The first kappa shape index (κ1) is 26.0. The average molecular weight is 457 g/mol. The third kappa shape index (κ3) is 7.98. The molecule has 1 aliphatic heterocycles. The highest BCUT2D eigenvalue weighted by atomic mass is 32.2. The fourth-order valence-electron chi connectivity index (χ4n) is 2.52. The van der Waals surface area contributed by atoms with E-state index >= 15 is 0 Å². The van der Waals surface area contributed by atoms with E-state index in [2.05, 4.69) is 9.69 Å². The Bertz CT molecular complexity index is 809. The van der Waals surface area contributed by atoms with Crippen molar-refractivity contribution >= 4 is 15.8 Å². The summed E-state index contributed by atoms with van der Waals surface area (Å²) in [6.45, 7) is 10.9. The van der Waals surface area contributed by atoms with Crippen LogP contribution in [0.25, 0.3) is 5.53 Å². The van der Waals surface area contributed by atoms with E-state index in [1.165, 1.54) is 0 Å². The minimum Gasteiger partial charge on any atom is -0.493 e. The molecule has 1 N–H and O–H groups in total. The van der Waals surface area contributed by atoms with E-state index in [-0.39, 0.29) is 12.2 Å². The van der Waals surface area contributed by atoms with Gasteiger partial charge in [0.1, 0.15) is 12.2 Å². The SMILES string of the molecule is CC(C)OC1=CC(N2CCOCC2)=C(OC(C)C)CC1=[N+]=[N-].O=S(=O)(O)C(F)(F)F. The van der Waals surface area contributed by atoms with Crippen LogP contribution < -0.4 is 0 Å². The minimum atomic E-state index is -5.84. The molecule has 1 heterocycles. The fourth-order valence-corrected chi connectivity index (χ4v) is 2.52. The summed E-state index contributed by atoms with van der Waals surface area (Å²) in [5.74, 6) is 1.43. The number of ether oxygens (including phenoxy) is 3. The summed E-state index contributed by atoms with van der Waals surface area (Å²) in [4.78, 5) is 5.62. The Balaban J connectivity index is 0.000000479. The summed E-state index contributed by atoms with van der Waals surface area (Å²) in [6.07, 6.45) is 2.43. The summed E-state index contributed by atoms with van der Waals surface area (Å²) in [6, 6.07) is 0. The van der Waals surface area contributed by atoms with E-state index in [4.69, 9.17) is 27.2 Å². The Hall–Kier alpha value is -2.08. The molecule has 1 aliphatic carbocycles. The van der Waals surface area contributed by atoms with Crippen LogP contribution in [0.2, 0.25) is 0 Å². The lowest BCUT2D eigenvalue weighted by Crippen LogP contribution is -2.37. The van der Waals surface area contributed by atoms with Crippen molar-refractivity contribution in [3.8, 4) is 0 Å². The zero-order valence-corrected chi connectivity index (χ0v) is 18.0. The van der Waals surface area contributed by atoms with Crippen molar-refractivity contribution in [2.45, 2.75) is 51.8 Å². The molecule has 0 atom stereocenters. The second-order valence-electron chi connectivity index (χ2n) is 6.89. The second-order valence-corrected chi connectivity index (χ2v) is 8.31.